The molecule has 0 aliphatic heterocycles. The Kier molecular flexibility index (Phi) is 6.59. The summed E-state index contributed by atoms with van der Waals surface area (Å²) >= 11 is 0. The van der Waals surface area contributed by atoms with E-state index in [1.165, 1.54) is 0 Å². The molecule has 0 aliphatic rings. The van der Waals surface area contributed by atoms with E-state index in [0.717, 1.165) is 27.8 Å². The molecule has 0 aliphatic carbocycles. The van der Waals surface area contributed by atoms with Gasteiger partial charge in [0.15, 0.2) is 6.61 Å². The van der Waals surface area contributed by atoms with Crippen LogP contribution in [0.4, 0.5) is 4.79 Å². The van der Waals surface area contributed by atoms with Gasteiger partial charge in [-0.25, -0.2) is 9.59 Å². The minimum Gasteiger partial charge on any atom is -0.497 e. The van der Waals surface area contributed by atoms with Crippen LogP contribution < -0.4 is 10.1 Å². The average Bonchev–Trinajstić information content (AvgIpc) is 3.25. The molecule has 0 bridgehead atoms. The first-order valence-corrected chi connectivity index (χ1v) is 10.4. The molecule has 4 rings (SSSR count). The van der Waals surface area contributed by atoms with Crippen molar-refractivity contribution in [3.63, 3.8) is 0 Å². The predicted molar refractivity (Wildman–Crippen MR) is 123 cm³/mol. The summed E-state index contributed by atoms with van der Waals surface area (Å²) < 4.78 is 16.1. The van der Waals surface area contributed by atoms with Crippen LogP contribution in [0.1, 0.15) is 11.3 Å². The largest absolute Gasteiger partial charge is 0.497 e. The topological polar surface area (TPSA) is 98.0 Å². The van der Waals surface area contributed by atoms with Gasteiger partial charge in [-0.15, -0.1) is 0 Å². The Bertz CT molecular complexity index is 1250. The van der Waals surface area contributed by atoms with Crippen molar-refractivity contribution >= 4 is 23.0 Å². The molecule has 0 saturated carbocycles. The quantitative estimate of drug-likeness (QED) is 0.395. The molecular formula is C26H23NO6. The molecule has 4 aromatic rings. The van der Waals surface area contributed by atoms with Gasteiger partial charge in [-0.1, -0.05) is 48.5 Å². The van der Waals surface area contributed by atoms with E-state index < -0.39 is 18.1 Å². The zero-order chi connectivity index (χ0) is 23.2. The van der Waals surface area contributed by atoms with Crippen molar-refractivity contribution in [2.45, 2.75) is 19.1 Å². The van der Waals surface area contributed by atoms with Gasteiger partial charge in [0.25, 0.3) is 0 Å². The molecule has 7 heteroatoms. The molecule has 0 spiro atoms. The molecule has 0 radical (unpaired) electrons. The van der Waals surface area contributed by atoms with E-state index >= 15 is 0 Å². The van der Waals surface area contributed by atoms with Crippen LogP contribution >= 0.6 is 0 Å². The van der Waals surface area contributed by atoms with E-state index in [9.17, 15) is 14.7 Å². The molecule has 0 saturated heterocycles. The van der Waals surface area contributed by atoms with E-state index in [2.05, 4.69) is 5.32 Å². The van der Waals surface area contributed by atoms with Gasteiger partial charge in [-0.05, 0) is 47.0 Å². The lowest BCUT2D eigenvalue weighted by atomic mass is 10.0. The summed E-state index contributed by atoms with van der Waals surface area (Å²) in [5, 5.41) is 12.7. The monoisotopic (exact) mass is 445 g/mol. The fourth-order valence-corrected chi connectivity index (χ4v) is 3.50. The Morgan fingerprint density at radius 2 is 1.70 bits per heavy atom. The number of carboxylic acids is 1. The Hall–Kier alpha value is -4.26. The third-order valence-corrected chi connectivity index (χ3v) is 5.21. The zero-order valence-corrected chi connectivity index (χ0v) is 18.0. The van der Waals surface area contributed by atoms with Gasteiger partial charge < -0.3 is 24.3 Å². The number of hydrogen-bond donors (Lipinski definition) is 2. The molecule has 33 heavy (non-hydrogen) atoms. The highest BCUT2D eigenvalue weighted by Gasteiger charge is 2.21. The van der Waals surface area contributed by atoms with E-state index in [1.807, 2.05) is 60.7 Å². The number of rotatable bonds is 8. The SMILES string of the molecule is COc1ccc(-c2ccc3oc(COC(=O)N[C@H](Cc4ccccc4)C(=O)O)cc3c2)cc1. The van der Waals surface area contributed by atoms with Crippen LogP contribution in [0, 0.1) is 0 Å². The maximum atomic E-state index is 12.2. The zero-order valence-electron chi connectivity index (χ0n) is 18.0. The lowest BCUT2D eigenvalue weighted by Crippen LogP contribution is -2.42. The van der Waals surface area contributed by atoms with E-state index in [0.29, 0.717) is 11.3 Å². The van der Waals surface area contributed by atoms with Crippen LogP contribution in [0.15, 0.2) is 83.3 Å². The normalized spacial score (nSPS) is 11.7. The first-order valence-electron chi connectivity index (χ1n) is 10.4. The number of ether oxygens (including phenoxy) is 2. The summed E-state index contributed by atoms with van der Waals surface area (Å²) in [7, 11) is 1.63. The number of fused-ring (bicyclic) bond motifs is 1. The average molecular weight is 445 g/mol. The third kappa shape index (κ3) is 5.51. The van der Waals surface area contributed by atoms with Crippen LogP contribution in [0.25, 0.3) is 22.1 Å². The maximum absolute atomic E-state index is 12.2. The van der Waals surface area contributed by atoms with Gasteiger partial charge in [0.1, 0.15) is 23.1 Å². The molecule has 1 heterocycles. The summed E-state index contributed by atoms with van der Waals surface area (Å²) in [6.07, 6.45) is -0.665. The first kappa shape index (κ1) is 22.0. The molecule has 0 unspecified atom stereocenters. The molecular weight excluding hydrogens is 422 g/mol. The first-order chi connectivity index (χ1) is 16.0. The van der Waals surface area contributed by atoms with Gasteiger partial charge >= 0.3 is 12.1 Å². The number of carboxylic acid groups (broad SMARTS) is 1. The Labute approximate surface area is 190 Å². The number of furan rings is 1. The number of aliphatic carboxylic acids is 1. The fourth-order valence-electron chi connectivity index (χ4n) is 3.50. The van der Waals surface area contributed by atoms with Crippen molar-refractivity contribution in [1.82, 2.24) is 5.32 Å². The van der Waals surface area contributed by atoms with Crippen molar-refractivity contribution in [3.05, 3.63) is 90.2 Å². The number of methoxy groups -OCH3 is 1. The molecule has 168 valence electrons. The van der Waals surface area contributed by atoms with Crippen LogP contribution in [-0.2, 0) is 22.6 Å². The van der Waals surface area contributed by atoms with Gasteiger partial charge in [0, 0.05) is 11.8 Å². The van der Waals surface area contributed by atoms with Crippen LogP contribution in [0.2, 0.25) is 0 Å². The van der Waals surface area contributed by atoms with Crippen LogP contribution in [0.5, 0.6) is 5.75 Å². The second-order valence-electron chi connectivity index (χ2n) is 7.49. The van der Waals surface area contributed by atoms with Crippen molar-refractivity contribution in [2.75, 3.05) is 7.11 Å². The lowest BCUT2D eigenvalue weighted by Gasteiger charge is -2.14. The number of amides is 1. The predicted octanol–water partition coefficient (Wildman–Crippen LogP) is 5.03. The molecule has 3 aromatic carbocycles. The summed E-state index contributed by atoms with van der Waals surface area (Å²) in [6, 6.07) is 23.3. The van der Waals surface area contributed by atoms with Gasteiger partial charge in [-0.2, -0.15) is 0 Å². The smallest absolute Gasteiger partial charge is 0.408 e. The second-order valence-corrected chi connectivity index (χ2v) is 7.49. The minimum absolute atomic E-state index is 0.115. The standard InChI is InChI=1S/C26H23NO6/c1-31-21-10-7-18(8-11-21)19-9-12-24-20(14-19)15-22(33-24)16-32-26(30)27-23(25(28)29)13-17-5-3-2-4-6-17/h2-12,14-15,23H,13,16H2,1H3,(H,27,30)(H,28,29)/t23-/m1/s1. The Morgan fingerprint density at radius 1 is 0.970 bits per heavy atom. The third-order valence-electron chi connectivity index (χ3n) is 5.21. The molecule has 0 fully saturated rings. The fraction of sp³-hybridized carbons (Fsp3) is 0.154. The molecule has 1 aromatic heterocycles. The highest BCUT2D eigenvalue weighted by Crippen LogP contribution is 2.28. The van der Waals surface area contributed by atoms with Crippen molar-refractivity contribution in [2.24, 2.45) is 0 Å². The summed E-state index contributed by atoms with van der Waals surface area (Å²) in [6.45, 7) is -0.115. The van der Waals surface area contributed by atoms with Crippen LogP contribution in [-0.4, -0.2) is 30.3 Å². The number of carbonyl (C=O) groups is 2. The van der Waals surface area contributed by atoms with E-state index in [4.69, 9.17) is 13.9 Å². The maximum Gasteiger partial charge on any atom is 0.408 e. The van der Waals surface area contributed by atoms with E-state index in [-0.39, 0.29) is 13.0 Å². The second kappa shape index (κ2) is 9.91. The number of benzene rings is 3. The van der Waals surface area contributed by atoms with Crippen molar-refractivity contribution < 1.29 is 28.6 Å². The Morgan fingerprint density at radius 3 is 2.39 bits per heavy atom. The van der Waals surface area contributed by atoms with Crippen LogP contribution in [0.3, 0.4) is 0 Å². The van der Waals surface area contributed by atoms with Gasteiger partial charge in [-0.3, -0.25) is 0 Å². The summed E-state index contributed by atoms with van der Waals surface area (Å²) in [5.41, 5.74) is 3.52. The van der Waals surface area contributed by atoms with Crippen molar-refractivity contribution in [3.8, 4) is 16.9 Å². The number of hydrogen-bond acceptors (Lipinski definition) is 5. The highest BCUT2D eigenvalue weighted by molar-refractivity contribution is 5.84. The number of alkyl carbamates (subject to hydrolysis) is 1. The summed E-state index contributed by atoms with van der Waals surface area (Å²) in [5.74, 6) is 0.113. The summed E-state index contributed by atoms with van der Waals surface area (Å²) in [4.78, 5) is 23.7. The van der Waals surface area contributed by atoms with Gasteiger partial charge in [0.05, 0.1) is 7.11 Å². The Balaban J connectivity index is 1.39. The highest BCUT2D eigenvalue weighted by atomic mass is 16.6. The molecule has 1 amide bonds. The lowest BCUT2D eigenvalue weighted by molar-refractivity contribution is -0.139. The number of carbonyl (C=O) groups excluding carboxylic acids is 1. The van der Waals surface area contributed by atoms with E-state index in [1.54, 1.807) is 25.3 Å². The van der Waals surface area contributed by atoms with Crippen molar-refractivity contribution in [1.29, 1.82) is 0 Å². The minimum atomic E-state index is -1.13. The number of nitrogens with one attached hydrogen (secondary N) is 1. The molecule has 2 N–H and O–H groups in total. The molecule has 7 nitrogen and oxygen atoms in total. The molecule has 1 atom stereocenters. The van der Waals surface area contributed by atoms with Gasteiger partial charge in [0.2, 0.25) is 0 Å².